The Morgan fingerprint density at radius 3 is 2.72 bits per heavy atom. The van der Waals surface area contributed by atoms with Gasteiger partial charge >= 0.3 is 0 Å². The van der Waals surface area contributed by atoms with Crippen molar-refractivity contribution in [1.29, 1.82) is 0 Å². The molecule has 25 heavy (non-hydrogen) atoms. The number of carbonyl (C=O) groups excluding carboxylic acids is 1. The average Bonchev–Trinajstić information content (AvgIpc) is 3.24. The quantitative estimate of drug-likeness (QED) is 0.504. The van der Waals surface area contributed by atoms with Crippen LogP contribution in [0.5, 0.6) is 0 Å². The van der Waals surface area contributed by atoms with E-state index in [0.29, 0.717) is 13.0 Å². The first-order valence-electron chi connectivity index (χ1n) is 8.55. The van der Waals surface area contributed by atoms with Crippen molar-refractivity contribution in [2.24, 2.45) is 0 Å². The van der Waals surface area contributed by atoms with Crippen LogP contribution in [0.25, 0.3) is 21.9 Å². The van der Waals surface area contributed by atoms with Gasteiger partial charge in [0.05, 0.1) is 17.6 Å². The summed E-state index contributed by atoms with van der Waals surface area (Å²) in [4.78, 5) is 23.0. The third kappa shape index (κ3) is 3.40. The third-order valence-corrected chi connectivity index (χ3v) is 4.42. The van der Waals surface area contributed by atoms with Crippen LogP contribution in [0.4, 0.5) is 0 Å². The molecule has 0 saturated carbocycles. The topological polar surface area (TPSA) is 73.6 Å². The van der Waals surface area contributed by atoms with E-state index in [4.69, 9.17) is 0 Å². The number of carbonyl (C=O) groups is 1. The monoisotopic (exact) mass is 332 g/mol. The lowest BCUT2D eigenvalue weighted by Crippen LogP contribution is -2.23. The molecule has 0 bridgehead atoms. The fourth-order valence-electron chi connectivity index (χ4n) is 3.14. The van der Waals surface area contributed by atoms with Crippen LogP contribution in [0.1, 0.15) is 24.2 Å². The van der Waals surface area contributed by atoms with Gasteiger partial charge in [-0.05, 0) is 36.6 Å². The zero-order chi connectivity index (χ0) is 17.1. The molecule has 4 aromatic rings. The van der Waals surface area contributed by atoms with Gasteiger partial charge in [0.15, 0.2) is 0 Å². The maximum absolute atomic E-state index is 12.1. The minimum absolute atomic E-state index is 0.0558. The van der Waals surface area contributed by atoms with Crippen LogP contribution >= 0.6 is 0 Å². The van der Waals surface area contributed by atoms with Crippen molar-refractivity contribution in [3.63, 3.8) is 0 Å². The SMILES string of the molecule is O=C(CCCc1c[nH]c2ccccc12)NCc1nc2ccccc2[nH]1. The van der Waals surface area contributed by atoms with Crippen LogP contribution in [-0.4, -0.2) is 20.9 Å². The number of rotatable bonds is 6. The molecule has 0 radical (unpaired) electrons. The molecular formula is C20H20N4O. The maximum Gasteiger partial charge on any atom is 0.220 e. The summed E-state index contributed by atoms with van der Waals surface area (Å²) in [6.45, 7) is 0.431. The number of para-hydroxylation sites is 3. The smallest absolute Gasteiger partial charge is 0.220 e. The summed E-state index contributed by atoms with van der Waals surface area (Å²) in [5.74, 6) is 0.839. The molecular weight excluding hydrogens is 312 g/mol. The predicted octanol–water partition coefficient (Wildman–Crippen LogP) is 3.68. The summed E-state index contributed by atoms with van der Waals surface area (Å²) >= 11 is 0. The van der Waals surface area contributed by atoms with Gasteiger partial charge in [-0.2, -0.15) is 0 Å². The number of aromatic nitrogens is 3. The Morgan fingerprint density at radius 1 is 1.04 bits per heavy atom. The molecule has 5 heteroatoms. The predicted molar refractivity (Wildman–Crippen MR) is 99.2 cm³/mol. The fourth-order valence-corrected chi connectivity index (χ4v) is 3.14. The molecule has 0 aliphatic heterocycles. The van der Waals surface area contributed by atoms with Crippen LogP contribution in [0.3, 0.4) is 0 Å². The molecule has 0 fully saturated rings. The first-order valence-corrected chi connectivity index (χ1v) is 8.55. The lowest BCUT2D eigenvalue weighted by molar-refractivity contribution is -0.121. The molecule has 1 amide bonds. The van der Waals surface area contributed by atoms with E-state index >= 15 is 0 Å². The highest BCUT2D eigenvalue weighted by molar-refractivity contribution is 5.83. The van der Waals surface area contributed by atoms with Crippen LogP contribution in [0.15, 0.2) is 54.7 Å². The average molecular weight is 332 g/mol. The number of H-pyrrole nitrogens is 2. The molecule has 2 aromatic carbocycles. The number of fused-ring (bicyclic) bond motifs is 2. The van der Waals surface area contributed by atoms with Crippen LogP contribution in [-0.2, 0) is 17.8 Å². The first-order chi connectivity index (χ1) is 12.3. The van der Waals surface area contributed by atoms with Gasteiger partial charge < -0.3 is 15.3 Å². The Bertz CT molecular complexity index is 982. The van der Waals surface area contributed by atoms with Crippen molar-refractivity contribution in [3.05, 3.63) is 66.1 Å². The Hall–Kier alpha value is -3.08. The Labute approximate surface area is 145 Å². The molecule has 4 rings (SSSR count). The van der Waals surface area contributed by atoms with E-state index in [1.807, 2.05) is 42.6 Å². The van der Waals surface area contributed by atoms with E-state index in [1.165, 1.54) is 10.9 Å². The van der Waals surface area contributed by atoms with Gasteiger partial charge in [-0.15, -0.1) is 0 Å². The van der Waals surface area contributed by atoms with Crippen LogP contribution in [0, 0.1) is 0 Å². The largest absolute Gasteiger partial charge is 0.361 e. The van der Waals surface area contributed by atoms with E-state index in [-0.39, 0.29) is 5.91 Å². The summed E-state index contributed by atoms with van der Waals surface area (Å²) in [7, 11) is 0. The Morgan fingerprint density at radius 2 is 1.84 bits per heavy atom. The Balaban J connectivity index is 1.27. The minimum Gasteiger partial charge on any atom is -0.361 e. The van der Waals surface area contributed by atoms with Crippen molar-refractivity contribution in [3.8, 4) is 0 Å². The Kier molecular flexibility index (Phi) is 4.21. The van der Waals surface area contributed by atoms with Crippen molar-refractivity contribution >= 4 is 27.8 Å². The van der Waals surface area contributed by atoms with Gasteiger partial charge in [0.2, 0.25) is 5.91 Å². The molecule has 0 atom stereocenters. The zero-order valence-electron chi connectivity index (χ0n) is 13.9. The second kappa shape index (κ2) is 6.81. The number of nitrogens with zero attached hydrogens (tertiary/aromatic N) is 1. The highest BCUT2D eigenvalue weighted by Crippen LogP contribution is 2.19. The van der Waals surface area contributed by atoms with E-state index in [2.05, 4.69) is 32.4 Å². The first kappa shape index (κ1) is 15.4. The molecule has 0 aliphatic rings. The summed E-state index contributed by atoms with van der Waals surface area (Å²) in [6.07, 6.45) is 4.27. The molecule has 5 nitrogen and oxygen atoms in total. The maximum atomic E-state index is 12.1. The van der Waals surface area contributed by atoms with Crippen molar-refractivity contribution < 1.29 is 4.79 Å². The van der Waals surface area contributed by atoms with Gasteiger partial charge in [0.25, 0.3) is 0 Å². The molecule has 126 valence electrons. The zero-order valence-corrected chi connectivity index (χ0v) is 13.9. The summed E-state index contributed by atoms with van der Waals surface area (Å²) in [5, 5.41) is 4.18. The van der Waals surface area contributed by atoms with Crippen molar-refractivity contribution in [1.82, 2.24) is 20.3 Å². The van der Waals surface area contributed by atoms with Crippen molar-refractivity contribution in [2.75, 3.05) is 0 Å². The second-order valence-electron chi connectivity index (χ2n) is 6.19. The van der Waals surface area contributed by atoms with E-state index in [1.54, 1.807) is 0 Å². The number of benzene rings is 2. The molecule has 0 spiro atoms. The standard InChI is InChI=1S/C20H20N4O/c25-20(22-13-19-23-17-9-3-4-10-18(17)24-19)11-5-6-14-12-21-16-8-2-1-7-15(14)16/h1-4,7-10,12,21H,5-6,11,13H2,(H,22,25)(H,23,24). The van der Waals surface area contributed by atoms with Gasteiger partial charge in [-0.3, -0.25) is 4.79 Å². The number of nitrogens with one attached hydrogen (secondary N) is 3. The number of aryl methyl sites for hydroxylation is 1. The molecule has 2 heterocycles. The molecule has 2 aromatic heterocycles. The van der Waals surface area contributed by atoms with Gasteiger partial charge in [0, 0.05) is 23.5 Å². The molecule has 0 unspecified atom stereocenters. The number of imidazole rings is 1. The van der Waals surface area contributed by atoms with Crippen LogP contribution in [0.2, 0.25) is 0 Å². The number of hydrogen-bond donors (Lipinski definition) is 3. The van der Waals surface area contributed by atoms with Gasteiger partial charge in [0.1, 0.15) is 5.82 Å². The molecule has 0 saturated heterocycles. The van der Waals surface area contributed by atoms with E-state index < -0.39 is 0 Å². The third-order valence-electron chi connectivity index (χ3n) is 4.42. The lowest BCUT2D eigenvalue weighted by atomic mass is 10.1. The number of aromatic amines is 2. The van der Waals surface area contributed by atoms with Gasteiger partial charge in [-0.1, -0.05) is 30.3 Å². The molecule has 0 aliphatic carbocycles. The highest BCUT2D eigenvalue weighted by Gasteiger charge is 2.07. The van der Waals surface area contributed by atoms with Gasteiger partial charge in [-0.25, -0.2) is 4.98 Å². The fraction of sp³-hybridized carbons (Fsp3) is 0.200. The lowest BCUT2D eigenvalue weighted by Gasteiger charge is -2.03. The second-order valence-corrected chi connectivity index (χ2v) is 6.19. The summed E-state index contributed by atoms with van der Waals surface area (Å²) in [5.41, 5.74) is 4.32. The van der Waals surface area contributed by atoms with Crippen molar-refractivity contribution in [2.45, 2.75) is 25.8 Å². The minimum atomic E-state index is 0.0558. The highest BCUT2D eigenvalue weighted by atomic mass is 16.1. The number of amides is 1. The summed E-state index contributed by atoms with van der Waals surface area (Å²) in [6, 6.07) is 16.1. The van der Waals surface area contributed by atoms with Crippen LogP contribution < -0.4 is 5.32 Å². The molecule has 3 N–H and O–H groups in total. The van der Waals surface area contributed by atoms with E-state index in [9.17, 15) is 4.79 Å². The summed E-state index contributed by atoms with van der Waals surface area (Å²) < 4.78 is 0. The van der Waals surface area contributed by atoms with E-state index in [0.717, 1.165) is 35.2 Å². The number of hydrogen-bond acceptors (Lipinski definition) is 2. The normalized spacial score (nSPS) is 11.2.